The quantitative estimate of drug-likeness (QED) is 0.276. The topological polar surface area (TPSA) is 54.0 Å². The number of rotatable bonds is 8. The fourth-order valence-electron chi connectivity index (χ4n) is 3.17. The van der Waals surface area contributed by atoms with E-state index in [0.29, 0.717) is 39.7 Å². The maximum atomic E-state index is 13.7. The number of ether oxygens (including phenoxy) is 4. The lowest BCUT2D eigenvalue weighted by molar-refractivity contribution is 0.105. The molecule has 0 radical (unpaired) electrons. The van der Waals surface area contributed by atoms with Crippen LogP contribution < -0.4 is 18.9 Å². The van der Waals surface area contributed by atoms with Crippen molar-refractivity contribution in [3.05, 3.63) is 82.9 Å². The van der Waals surface area contributed by atoms with Crippen molar-refractivity contribution in [2.75, 3.05) is 28.4 Å². The van der Waals surface area contributed by atoms with Crippen LogP contribution in [0.25, 0.3) is 11.6 Å². The largest absolute Gasteiger partial charge is 0.497 e. The standard InChI is InChI=1S/C26H26O5/c1-17-6-8-18(9-7-17)10-25(19-11-21(28-2)15-22(12-19)29-3)26(27)20-13-23(30-4)16-24(14-20)31-5/h6-16H,1-5H3. The molecule has 0 spiro atoms. The fourth-order valence-corrected chi connectivity index (χ4v) is 3.17. The average Bonchev–Trinajstić information content (AvgIpc) is 2.82. The van der Waals surface area contributed by atoms with Gasteiger partial charge in [-0.2, -0.15) is 0 Å². The van der Waals surface area contributed by atoms with E-state index in [4.69, 9.17) is 18.9 Å². The van der Waals surface area contributed by atoms with Gasteiger partial charge in [-0.1, -0.05) is 29.8 Å². The Morgan fingerprint density at radius 2 is 1.06 bits per heavy atom. The first-order chi connectivity index (χ1) is 15.0. The van der Waals surface area contributed by atoms with Crippen molar-refractivity contribution in [2.24, 2.45) is 0 Å². The summed E-state index contributed by atoms with van der Waals surface area (Å²) in [6.07, 6.45) is 1.86. The number of aryl methyl sites for hydroxylation is 1. The number of carbonyl (C=O) groups is 1. The molecule has 0 fully saturated rings. The minimum atomic E-state index is -0.173. The highest BCUT2D eigenvalue weighted by atomic mass is 16.5. The number of hydrogen-bond donors (Lipinski definition) is 0. The van der Waals surface area contributed by atoms with Gasteiger partial charge in [-0.05, 0) is 48.4 Å². The Morgan fingerprint density at radius 3 is 1.48 bits per heavy atom. The molecule has 3 aromatic rings. The number of hydrogen-bond acceptors (Lipinski definition) is 5. The third-order valence-electron chi connectivity index (χ3n) is 4.91. The molecule has 0 heterocycles. The predicted octanol–water partition coefficient (Wildman–Crippen LogP) is 5.45. The molecule has 5 nitrogen and oxygen atoms in total. The Kier molecular flexibility index (Phi) is 6.98. The van der Waals surface area contributed by atoms with Crippen molar-refractivity contribution in [1.29, 1.82) is 0 Å². The lowest BCUT2D eigenvalue weighted by Crippen LogP contribution is -2.05. The fraction of sp³-hybridized carbons (Fsp3) is 0.192. The van der Waals surface area contributed by atoms with Gasteiger partial charge in [0.2, 0.25) is 0 Å². The monoisotopic (exact) mass is 418 g/mol. The Bertz CT molecular complexity index is 1050. The third-order valence-corrected chi connectivity index (χ3v) is 4.91. The molecule has 0 bridgehead atoms. The number of carbonyl (C=O) groups excluding carboxylic acids is 1. The van der Waals surface area contributed by atoms with Gasteiger partial charge < -0.3 is 18.9 Å². The van der Waals surface area contributed by atoms with Crippen LogP contribution in [0.15, 0.2) is 60.7 Å². The number of methoxy groups -OCH3 is 4. The first-order valence-electron chi connectivity index (χ1n) is 9.77. The molecule has 31 heavy (non-hydrogen) atoms. The van der Waals surface area contributed by atoms with Crippen LogP contribution in [-0.4, -0.2) is 34.2 Å². The van der Waals surface area contributed by atoms with Gasteiger partial charge in [-0.25, -0.2) is 0 Å². The molecule has 0 atom stereocenters. The first kappa shape index (κ1) is 22.0. The second-order valence-electron chi connectivity index (χ2n) is 7.00. The summed E-state index contributed by atoms with van der Waals surface area (Å²) in [5.74, 6) is 2.11. The van der Waals surface area contributed by atoms with Crippen LogP contribution in [0.2, 0.25) is 0 Å². The Labute approximate surface area is 182 Å². The molecule has 0 unspecified atom stereocenters. The maximum absolute atomic E-state index is 13.7. The summed E-state index contributed by atoms with van der Waals surface area (Å²) < 4.78 is 21.5. The molecule has 0 aliphatic carbocycles. The molecule has 0 saturated heterocycles. The number of Topliss-reactive ketones (excluding diaryl/α,β-unsaturated/α-hetero) is 1. The summed E-state index contributed by atoms with van der Waals surface area (Å²) >= 11 is 0. The number of allylic oxidation sites excluding steroid dienone is 1. The highest BCUT2D eigenvalue weighted by Gasteiger charge is 2.19. The van der Waals surface area contributed by atoms with Gasteiger partial charge in [0.15, 0.2) is 5.78 Å². The van der Waals surface area contributed by atoms with Crippen molar-refractivity contribution in [3.8, 4) is 23.0 Å². The summed E-state index contributed by atoms with van der Waals surface area (Å²) in [5, 5.41) is 0. The molecule has 0 aromatic heterocycles. The summed E-state index contributed by atoms with van der Waals surface area (Å²) in [5.41, 5.74) is 3.69. The minimum Gasteiger partial charge on any atom is -0.497 e. The van der Waals surface area contributed by atoms with E-state index < -0.39 is 0 Å². The van der Waals surface area contributed by atoms with E-state index in [1.54, 1.807) is 52.7 Å². The van der Waals surface area contributed by atoms with Crippen molar-refractivity contribution < 1.29 is 23.7 Å². The van der Waals surface area contributed by atoms with Gasteiger partial charge in [-0.15, -0.1) is 0 Å². The van der Waals surface area contributed by atoms with Crippen LogP contribution in [0.5, 0.6) is 23.0 Å². The zero-order valence-corrected chi connectivity index (χ0v) is 18.4. The summed E-state index contributed by atoms with van der Waals surface area (Å²) in [6, 6.07) is 18.5. The smallest absolute Gasteiger partial charge is 0.193 e. The number of ketones is 1. The molecule has 3 rings (SSSR count). The lowest BCUT2D eigenvalue weighted by atomic mass is 9.94. The predicted molar refractivity (Wildman–Crippen MR) is 122 cm³/mol. The Balaban J connectivity index is 2.19. The van der Waals surface area contributed by atoms with Crippen LogP contribution in [0.3, 0.4) is 0 Å². The zero-order valence-electron chi connectivity index (χ0n) is 18.4. The molecule has 0 N–H and O–H groups in total. The first-order valence-corrected chi connectivity index (χ1v) is 9.77. The molecule has 0 aliphatic heterocycles. The van der Waals surface area contributed by atoms with Crippen molar-refractivity contribution in [3.63, 3.8) is 0 Å². The second-order valence-corrected chi connectivity index (χ2v) is 7.00. The third kappa shape index (κ3) is 5.25. The SMILES string of the molecule is COc1cc(OC)cc(C(=O)C(=Cc2ccc(C)cc2)c2cc(OC)cc(OC)c2)c1. The van der Waals surface area contributed by atoms with Crippen molar-refractivity contribution in [1.82, 2.24) is 0 Å². The number of benzene rings is 3. The van der Waals surface area contributed by atoms with Gasteiger partial charge in [0.05, 0.1) is 28.4 Å². The molecule has 0 saturated carbocycles. The van der Waals surface area contributed by atoms with Gasteiger partial charge >= 0.3 is 0 Å². The highest BCUT2D eigenvalue weighted by molar-refractivity contribution is 6.32. The van der Waals surface area contributed by atoms with Crippen LogP contribution in [0, 0.1) is 6.92 Å². The Hall–Kier alpha value is -3.73. The zero-order chi connectivity index (χ0) is 22.4. The molecule has 160 valence electrons. The summed E-state index contributed by atoms with van der Waals surface area (Å²) in [7, 11) is 6.27. The van der Waals surface area contributed by atoms with E-state index >= 15 is 0 Å². The molecule has 0 amide bonds. The van der Waals surface area contributed by atoms with Crippen LogP contribution in [0.1, 0.15) is 27.0 Å². The van der Waals surface area contributed by atoms with E-state index in [-0.39, 0.29) is 5.78 Å². The summed E-state index contributed by atoms with van der Waals surface area (Å²) in [6.45, 7) is 2.02. The molecule has 0 aliphatic rings. The molecular formula is C26H26O5. The molecule has 3 aromatic carbocycles. The van der Waals surface area contributed by atoms with Gasteiger partial charge in [-0.3, -0.25) is 4.79 Å². The van der Waals surface area contributed by atoms with E-state index in [9.17, 15) is 4.79 Å². The van der Waals surface area contributed by atoms with E-state index in [2.05, 4.69) is 0 Å². The van der Waals surface area contributed by atoms with Gasteiger partial charge in [0.25, 0.3) is 0 Å². The van der Waals surface area contributed by atoms with Crippen LogP contribution in [-0.2, 0) is 0 Å². The van der Waals surface area contributed by atoms with E-state index in [1.165, 1.54) is 0 Å². The average molecular weight is 418 g/mol. The van der Waals surface area contributed by atoms with Crippen LogP contribution in [0.4, 0.5) is 0 Å². The van der Waals surface area contributed by atoms with Crippen molar-refractivity contribution in [2.45, 2.75) is 6.92 Å². The van der Waals surface area contributed by atoms with Gasteiger partial charge in [0, 0.05) is 23.3 Å². The maximum Gasteiger partial charge on any atom is 0.193 e. The second kappa shape index (κ2) is 9.85. The van der Waals surface area contributed by atoms with Crippen LogP contribution >= 0.6 is 0 Å². The van der Waals surface area contributed by atoms with Gasteiger partial charge in [0.1, 0.15) is 23.0 Å². The van der Waals surface area contributed by atoms with Crippen molar-refractivity contribution >= 4 is 17.4 Å². The molecular weight excluding hydrogens is 392 g/mol. The highest BCUT2D eigenvalue weighted by Crippen LogP contribution is 2.32. The van der Waals surface area contributed by atoms with E-state index in [1.807, 2.05) is 49.4 Å². The summed E-state index contributed by atoms with van der Waals surface area (Å²) in [4.78, 5) is 13.7. The Morgan fingerprint density at radius 1 is 0.645 bits per heavy atom. The normalized spacial score (nSPS) is 11.1. The minimum absolute atomic E-state index is 0.173. The molecule has 5 heteroatoms. The lowest BCUT2D eigenvalue weighted by Gasteiger charge is -2.13. The van der Waals surface area contributed by atoms with E-state index in [0.717, 1.165) is 11.1 Å².